The molecule has 4 nitrogen and oxygen atoms in total. The second-order valence-corrected chi connectivity index (χ2v) is 5.64. The van der Waals surface area contributed by atoms with Crippen molar-refractivity contribution in [1.82, 2.24) is 0 Å². The van der Waals surface area contributed by atoms with Crippen molar-refractivity contribution in [2.24, 2.45) is 0 Å². The maximum atomic E-state index is 12.2. The van der Waals surface area contributed by atoms with E-state index in [0.717, 1.165) is 30.6 Å². The van der Waals surface area contributed by atoms with E-state index in [2.05, 4.69) is 13.0 Å². The number of carbonyl (C=O) groups is 1. The molecule has 1 saturated carbocycles. The maximum Gasteiger partial charge on any atom is 0.316 e. The Balaban J connectivity index is 2.35. The number of benzene rings is 1. The van der Waals surface area contributed by atoms with Gasteiger partial charge in [0.15, 0.2) is 0 Å². The first-order valence-electron chi connectivity index (χ1n) is 7.44. The molecule has 2 rings (SSSR count). The van der Waals surface area contributed by atoms with Crippen LogP contribution in [0.2, 0.25) is 0 Å². The number of rotatable bonds is 7. The van der Waals surface area contributed by atoms with Gasteiger partial charge in [0.2, 0.25) is 0 Å². The fourth-order valence-corrected chi connectivity index (χ4v) is 2.66. The van der Waals surface area contributed by atoms with Crippen LogP contribution in [0.4, 0.5) is 0 Å². The quantitative estimate of drug-likeness (QED) is 0.725. The van der Waals surface area contributed by atoms with E-state index in [4.69, 9.17) is 14.2 Å². The predicted octanol–water partition coefficient (Wildman–Crippen LogP) is 2.87. The van der Waals surface area contributed by atoms with E-state index < -0.39 is 5.41 Å². The lowest BCUT2D eigenvalue weighted by molar-refractivity contribution is -0.143. The molecule has 1 aromatic rings. The topological polar surface area (TPSA) is 44.8 Å². The van der Waals surface area contributed by atoms with Gasteiger partial charge in [-0.1, -0.05) is 19.1 Å². The average Bonchev–Trinajstić information content (AvgIpc) is 3.28. The maximum absolute atomic E-state index is 12.2. The van der Waals surface area contributed by atoms with Crippen molar-refractivity contribution >= 4 is 5.97 Å². The third-order valence-corrected chi connectivity index (χ3v) is 4.02. The molecule has 4 heteroatoms. The van der Waals surface area contributed by atoms with Crippen molar-refractivity contribution in [2.45, 2.75) is 44.6 Å². The fraction of sp³-hybridized carbons (Fsp3) is 0.588. The van der Waals surface area contributed by atoms with E-state index in [9.17, 15) is 4.79 Å². The summed E-state index contributed by atoms with van der Waals surface area (Å²) in [6.07, 6.45) is 2.51. The molecule has 0 aliphatic heterocycles. The van der Waals surface area contributed by atoms with Crippen LogP contribution in [0.1, 0.15) is 37.8 Å². The van der Waals surface area contributed by atoms with E-state index in [1.807, 2.05) is 19.1 Å². The molecule has 21 heavy (non-hydrogen) atoms. The van der Waals surface area contributed by atoms with E-state index in [1.165, 1.54) is 12.7 Å². The molecule has 0 bridgehead atoms. The zero-order valence-corrected chi connectivity index (χ0v) is 13.3. The van der Waals surface area contributed by atoms with Crippen LogP contribution < -0.4 is 4.74 Å². The van der Waals surface area contributed by atoms with Crippen molar-refractivity contribution in [3.8, 4) is 5.75 Å². The molecule has 0 radical (unpaired) electrons. The molecule has 0 spiro atoms. The lowest BCUT2D eigenvalue weighted by atomic mass is 9.92. The van der Waals surface area contributed by atoms with Crippen molar-refractivity contribution < 1.29 is 19.0 Å². The SMILES string of the molecule is CCc1ccc(O[C@H](C)COC)c(C2(C(=O)OC)CC2)c1. The smallest absolute Gasteiger partial charge is 0.316 e. The Bertz CT molecular complexity index is 506. The van der Waals surface area contributed by atoms with Crippen molar-refractivity contribution in [3.63, 3.8) is 0 Å². The number of hydrogen-bond acceptors (Lipinski definition) is 4. The van der Waals surface area contributed by atoms with Crippen LogP contribution in [0.15, 0.2) is 18.2 Å². The van der Waals surface area contributed by atoms with Gasteiger partial charge in [-0.2, -0.15) is 0 Å². The zero-order chi connectivity index (χ0) is 15.5. The van der Waals surface area contributed by atoms with Gasteiger partial charge in [-0.05, 0) is 37.8 Å². The standard InChI is InChI=1S/C17H24O4/c1-5-13-6-7-15(21-12(2)11-19-3)14(10-13)17(8-9-17)16(18)20-4/h6-7,10,12H,5,8-9,11H2,1-4H3/t12-/m1/s1. The summed E-state index contributed by atoms with van der Waals surface area (Å²) in [4.78, 5) is 12.2. The van der Waals surface area contributed by atoms with Gasteiger partial charge in [0.1, 0.15) is 11.9 Å². The molecule has 1 aliphatic carbocycles. The largest absolute Gasteiger partial charge is 0.488 e. The molecule has 0 saturated heterocycles. The summed E-state index contributed by atoms with van der Waals surface area (Å²) < 4.78 is 16.1. The van der Waals surface area contributed by atoms with Gasteiger partial charge >= 0.3 is 5.97 Å². The summed E-state index contributed by atoms with van der Waals surface area (Å²) in [5, 5.41) is 0. The van der Waals surface area contributed by atoms with Crippen LogP contribution in [0.25, 0.3) is 0 Å². The number of esters is 1. The summed E-state index contributed by atoms with van der Waals surface area (Å²) in [7, 11) is 3.10. The molecule has 1 aliphatic rings. The van der Waals surface area contributed by atoms with Crippen LogP contribution in [0.5, 0.6) is 5.75 Å². The van der Waals surface area contributed by atoms with Crippen molar-refractivity contribution in [3.05, 3.63) is 29.3 Å². The Kier molecular flexibility index (Phi) is 4.88. The number of hydrogen-bond donors (Lipinski definition) is 0. The summed E-state index contributed by atoms with van der Waals surface area (Å²) >= 11 is 0. The highest BCUT2D eigenvalue weighted by molar-refractivity contribution is 5.87. The van der Waals surface area contributed by atoms with Crippen LogP contribution in [0.3, 0.4) is 0 Å². The first-order chi connectivity index (χ1) is 10.1. The van der Waals surface area contributed by atoms with E-state index in [1.54, 1.807) is 7.11 Å². The zero-order valence-electron chi connectivity index (χ0n) is 13.3. The highest BCUT2D eigenvalue weighted by Crippen LogP contribution is 2.52. The van der Waals surface area contributed by atoms with Crippen molar-refractivity contribution in [2.75, 3.05) is 20.8 Å². The third-order valence-electron chi connectivity index (χ3n) is 4.02. The Morgan fingerprint density at radius 2 is 2.05 bits per heavy atom. The Hall–Kier alpha value is -1.55. The van der Waals surface area contributed by atoms with Gasteiger partial charge in [0.25, 0.3) is 0 Å². The molecule has 0 heterocycles. The molecular weight excluding hydrogens is 268 g/mol. The highest BCUT2D eigenvalue weighted by Gasteiger charge is 2.54. The lowest BCUT2D eigenvalue weighted by Gasteiger charge is -2.21. The summed E-state index contributed by atoms with van der Waals surface area (Å²) in [5.74, 6) is 0.597. The Morgan fingerprint density at radius 3 is 2.57 bits per heavy atom. The summed E-state index contributed by atoms with van der Waals surface area (Å²) in [5.41, 5.74) is 1.64. The average molecular weight is 292 g/mol. The second-order valence-electron chi connectivity index (χ2n) is 5.64. The van der Waals surface area contributed by atoms with Crippen molar-refractivity contribution in [1.29, 1.82) is 0 Å². The molecule has 1 atom stereocenters. The van der Waals surface area contributed by atoms with Crippen LogP contribution in [-0.4, -0.2) is 32.9 Å². The first kappa shape index (κ1) is 15.8. The second kappa shape index (κ2) is 6.48. The molecule has 1 fully saturated rings. The normalized spacial score (nSPS) is 17.1. The lowest BCUT2D eigenvalue weighted by Crippen LogP contribution is -2.25. The van der Waals surface area contributed by atoms with Gasteiger partial charge in [-0.15, -0.1) is 0 Å². The molecule has 0 N–H and O–H groups in total. The Morgan fingerprint density at radius 1 is 1.33 bits per heavy atom. The minimum Gasteiger partial charge on any atom is -0.488 e. The van der Waals surface area contributed by atoms with Gasteiger partial charge in [-0.25, -0.2) is 0 Å². The first-order valence-corrected chi connectivity index (χ1v) is 7.44. The van der Waals surface area contributed by atoms with Gasteiger partial charge in [-0.3, -0.25) is 4.79 Å². The summed E-state index contributed by atoms with van der Waals surface area (Å²) in [6, 6.07) is 6.09. The van der Waals surface area contributed by atoms with Gasteiger partial charge < -0.3 is 14.2 Å². The number of methoxy groups -OCH3 is 2. The van der Waals surface area contributed by atoms with Gasteiger partial charge in [0, 0.05) is 12.7 Å². The summed E-state index contributed by atoms with van der Waals surface area (Å²) in [6.45, 7) is 4.57. The highest BCUT2D eigenvalue weighted by atomic mass is 16.5. The van der Waals surface area contributed by atoms with E-state index >= 15 is 0 Å². The van der Waals surface area contributed by atoms with Crippen LogP contribution in [0, 0.1) is 0 Å². The third kappa shape index (κ3) is 3.21. The van der Waals surface area contributed by atoms with Crippen LogP contribution in [-0.2, 0) is 26.1 Å². The molecule has 0 unspecified atom stereocenters. The molecule has 1 aromatic carbocycles. The number of aryl methyl sites for hydroxylation is 1. The minimum atomic E-state index is -0.512. The number of ether oxygens (including phenoxy) is 3. The molecule has 0 amide bonds. The minimum absolute atomic E-state index is 0.0605. The molecule has 0 aromatic heterocycles. The fourth-order valence-electron chi connectivity index (χ4n) is 2.66. The Labute approximate surface area is 126 Å². The molecule has 116 valence electrons. The number of carbonyl (C=O) groups excluding carboxylic acids is 1. The van der Waals surface area contributed by atoms with Crippen LogP contribution >= 0.6 is 0 Å². The monoisotopic (exact) mass is 292 g/mol. The molecular formula is C17H24O4. The predicted molar refractivity (Wildman–Crippen MR) is 80.7 cm³/mol. The van der Waals surface area contributed by atoms with E-state index in [-0.39, 0.29) is 12.1 Å². The van der Waals surface area contributed by atoms with E-state index in [0.29, 0.717) is 6.61 Å². The van der Waals surface area contributed by atoms with Gasteiger partial charge in [0.05, 0.1) is 19.1 Å².